The fourth-order valence-corrected chi connectivity index (χ4v) is 0.929. The Morgan fingerprint density at radius 1 is 1.50 bits per heavy atom. The standard InChI is InChI=1S/C9H15N3O2/c1-6(2)7(5-10)9(14)12-4-3-8(11)13/h6-7H,3-4H2,1-2H3,(H2,11,13)(H,12,14). The highest BCUT2D eigenvalue weighted by Gasteiger charge is 2.20. The third-order valence-corrected chi connectivity index (χ3v) is 1.76. The van der Waals surface area contributed by atoms with Gasteiger partial charge in [0.1, 0.15) is 5.92 Å². The Morgan fingerprint density at radius 3 is 2.43 bits per heavy atom. The van der Waals surface area contributed by atoms with Crippen LogP contribution in [0.25, 0.3) is 0 Å². The molecule has 0 aliphatic heterocycles. The van der Waals surface area contributed by atoms with Gasteiger partial charge in [-0.2, -0.15) is 5.26 Å². The van der Waals surface area contributed by atoms with E-state index >= 15 is 0 Å². The molecule has 0 fully saturated rings. The molecule has 0 bridgehead atoms. The summed E-state index contributed by atoms with van der Waals surface area (Å²) in [6.07, 6.45) is 0.0992. The Kier molecular flexibility index (Phi) is 5.30. The lowest BCUT2D eigenvalue weighted by atomic mass is 9.97. The summed E-state index contributed by atoms with van der Waals surface area (Å²) in [6.45, 7) is 3.78. The molecular formula is C9H15N3O2. The number of carbonyl (C=O) groups excluding carboxylic acids is 2. The van der Waals surface area contributed by atoms with Crippen LogP contribution >= 0.6 is 0 Å². The predicted octanol–water partition coefficient (Wildman–Crippen LogP) is -0.226. The van der Waals surface area contributed by atoms with Crippen molar-refractivity contribution in [1.82, 2.24) is 5.32 Å². The lowest BCUT2D eigenvalue weighted by molar-refractivity contribution is -0.124. The molecule has 0 saturated carbocycles. The van der Waals surface area contributed by atoms with E-state index in [2.05, 4.69) is 5.32 Å². The van der Waals surface area contributed by atoms with Crippen molar-refractivity contribution in [2.24, 2.45) is 17.6 Å². The summed E-state index contributed by atoms with van der Waals surface area (Å²) in [6, 6.07) is 1.91. The minimum absolute atomic E-state index is 0.0337. The molecule has 0 radical (unpaired) electrons. The zero-order valence-corrected chi connectivity index (χ0v) is 8.41. The van der Waals surface area contributed by atoms with Crippen LogP contribution in [-0.2, 0) is 9.59 Å². The molecule has 5 heteroatoms. The van der Waals surface area contributed by atoms with E-state index in [4.69, 9.17) is 11.0 Å². The van der Waals surface area contributed by atoms with E-state index in [-0.39, 0.29) is 24.8 Å². The number of primary amides is 1. The molecule has 0 aromatic carbocycles. The number of nitrogens with one attached hydrogen (secondary N) is 1. The van der Waals surface area contributed by atoms with Crippen LogP contribution in [0, 0.1) is 23.2 Å². The largest absolute Gasteiger partial charge is 0.370 e. The third-order valence-electron chi connectivity index (χ3n) is 1.76. The second kappa shape index (κ2) is 5.97. The Bertz CT molecular complexity index is 255. The van der Waals surface area contributed by atoms with E-state index in [0.717, 1.165) is 0 Å². The number of carbonyl (C=O) groups is 2. The maximum atomic E-state index is 11.3. The van der Waals surface area contributed by atoms with Gasteiger partial charge in [-0.1, -0.05) is 13.8 Å². The molecule has 0 aliphatic rings. The minimum atomic E-state index is -0.664. The molecule has 3 N–H and O–H groups in total. The first kappa shape index (κ1) is 12.4. The van der Waals surface area contributed by atoms with Crippen LogP contribution in [0.3, 0.4) is 0 Å². The van der Waals surface area contributed by atoms with Crippen LogP contribution in [0.2, 0.25) is 0 Å². The van der Waals surface area contributed by atoms with Crippen molar-refractivity contribution in [3.05, 3.63) is 0 Å². The summed E-state index contributed by atoms with van der Waals surface area (Å²) < 4.78 is 0. The third kappa shape index (κ3) is 4.45. The zero-order chi connectivity index (χ0) is 11.1. The van der Waals surface area contributed by atoms with E-state index in [1.807, 2.05) is 6.07 Å². The van der Waals surface area contributed by atoms with Crippen LogP contribution in [0.4, 0.5) is 0 Å². The molecule has 0 rings (SSSR count). The Balaban J connectivity index is 3.95. The number of hydrogen-bond acceptors (Lipinski definition) is 3. The molecule has 0 aromatic heterocycles. The lowest BCUT2D eigenvalue weighted by Gasteiger charge is -2.12. The van der Waals surface area contributed by atoms with Gasteiger partial charge in [-0.15, -0.1) is 0 Å². The van der Waals surface area contributed by atoms with Crippen molar-refractivity contribution < 1.29 is 9.59 Å². The molecule has 1 unspecified atom stereocenters. The Hall–Kier alpha value is -1.57. The van der Waals surface area contributed by atoms with Gasteiger partial charge >= 0.3 is 0 Å². The van der Waals surface area contributed by atoms with Crippen molar-refractivity contribution in [3.8, 4) is 6.07 Å². The fraction of sp³-hybridized carbons (Fsp3) is 0.667. The van der Waals surface area contributed by atoms with Crippen molar-refractivity contribution in [2.75, 3.05) is 6.54 Å². The number of hydrogen-bond donors (Lipinski definition) is 2. The van der Waals surface area contributed by atoms with E-state index < -0.39 is 11.8 Å². The minimum Gasteiger partial charge on any atom is -0.370 e. The van der Waals surface area contributed by atoms with Crippen LogP contribution in [0.15, 0.2) is 0 Å². The number of nitriles is 1. The Morgan fingerprint density at radius 2 is 2.07 bits per heavy atom. The first-order valence-electron chi connectivity index (χ1n) is 4.44. The predicted molar refractivity (Wildman–Crippen MR) is 50.8 cm³/mol. The maximum Gasteiger partial charge on any atom is 0.237 e. The SMILES string of the molecule is CC(C)C(C#N)C(=O)NCCC(N)=O. The average molecular weight is 197 g/mol. The van der Waals surface area contributed by atoms with E-state index in [1.54, 1.807) is 13.8 Å². The van der Waals surface area contributed by atoms with E-state index in [9.17, 15) is 9.59 Å². The molecule has 2 amide bonds. The topological polar surface area (TPSA) is 96.0 Å². The van der Waals surface area contributed by atoms with Gasteiger partial charge in [0.2, 0.25) is 11.8 Å². The second-order valence-corrected chi connectivity index (χ2v) is 3.36. The molecule has 0 heterocycles. The summed E-state index contributed by atoms with van der Waals surface area (Å²) >= 11 is 0. The van der Waals surface area contributed by atoms with Crippen molar-refractivity contribution in [2.45, 2.75) is 20.3 Å². The molecule has 0 spiro atoms. The molecule has 0 aliphatic carbocycles. The van der Waals surface area contributed by atoms with Gasteiger partial charge in [0.05, 0.1) is 6.07 Å². The lowest BCUT2D eigenvalue weighted by Crippen LogP contribution is -2.34. The first-order valence-corrected chi connectivity index (χ1v) is 4.44. The zero-order valence-electron chi connectivity index (χ0n) is 8.41. The smallest absolute Gasteiger partial charge is 0.237 e. The summed E-state index contributed by atoms with van der Waals surface area (Å²) in [5, 5.41) is 11.2. The van der Waals surface area contributed by atoms with E-state index in [0.29, 0.717) is 0 Å². The first-order chi connectivity index (χ1) is 6.49. The second-order valence-electron chi connectivity index (χ2n) is 3.36. The number of nitrogens with two attached hydrogens (primary N) is 1. The summed E-state index contributed by atoms with van der Waals surface area (Å²) in [7, 11) is 0. The summed E-state index contributed by atoms with van der Waals surface area (Å²) in [4.78, 5) is 21.7. The molecule has 0 aromatic rings. The van der Waals surface area contributed by atoms with Gasteiger partial charge in [0.25, 0.3) is 0 Å². The molecule has 78 valence electrons. The van der Waals surface area contributed by atoms with E-state index in [1.165, 1.54) is 0 Å². The molecule has 14 heavy (non-hydrogen) atoms. The van der Waals surface area contributed by atoms with Gasteiger partial charge in [-0.05, 0) is 5.92 Å². The van der Waals surface area contributed by atoms with Crippen LogP contribution in [-0.4, -0.2) is 18.4 Å². The summed E-state index contributed by atoms with van der Waals surface area (Å²) in [5.74, 6) is -1.51. The number of amides is 2. The quantitative estimate of drug-likeness (QED) is 0.637. The van der Waals surface area contributed by atoms with Crippen molar-refractivity contribution in [1.29, 1.82) is 5.26 Å². The highest BCUT2D eigenvalue weighted by molar-refractivity contribution is 5.82. The van der Waals surface area contributed by atoms with Gasteiger partial charge in [-0.3, -0.25) is 9.59 Å². The normalized spacial score (nSPS) is 11.9. The maximum absolute atomic E-state index is 11.3. The molecule has 0 saturated heterocycles. The Labute approximate surface area is 83.3 Å². The fourth-order valence-electron chi connectivity index (χ4n) is 0.929. The summed E-state index contributed by atoms with van der Waals surface area (Å²) in [5.41, 5.74) is 4.89. The van der Waals surface area contributed by atoms with Crippen LogP contribution in [0.1, 0.15) is 20.3 Å². The van der Waals surface area contributed by atoms with Crippen LogP contribution < -0.4 is 11.1 Å². The number of rotatable bonds is 5. The monoisotopic (exact) mass is 197 g/mol. The number of nitrogens with zero attached hydrogens (tertiary/aromatic N) is 1. The molecule has 1 atom stereocenters. The van der Waals surface area contributed by atoms with Crippen molar-refractivity contribution >= 4 is 11.8 Å². The van der Waals surface area contributed by atoms with Crippen LogP contribution in [0.5, 0.6) is 0 Å². The van der Waals surface area contributed by atoms with Gasteiger partial charge in [0, 0.05) is 13.0 Å². The molecule has 5 nitrogen and oxygen atoms in total. The van der Waals surface area contributed by atoms with Gasteiger partial charge < -0.3 is 11.1 Å². The molecular weight excluding hydrogens is 182 g/mol. The van der Waals surface area contributed by atoms with Gasteiger partial charge in [-0.25, -0.2) is 0 Å². The highest BCUT2D eigenvalue weighted by atomic mass is 16.2. The van der Waals surface area contributed by atoms with Gasteiger partial charge in [0.15, 0.2) is 0 Å². The van der Waals surface area contributed by atoms with Crippen molar-refractivity contribution in [3.63, 3.8) is 0 Å². The average Bonchev–Trinajstić information content (AvgIpc) is 2.03. The highest BCUT2D eigenvalue weighted by Crippen LogP contribution is 2.08.